The Morgan fingerprint density at radius 2 is 1.83 bits per heavy atom. The lowest BCUT2D eigenvalue weighted by atomic mass is 9.82. The first kappa shape index (κ1) is 43.3. The van der Waals surface area contributed by atoms with Gasteiger partial charge in [-0.2, -0.15) is 13.2 Å². The lowest BCUT2D eigenvalue weighted by Crippen LogP contribution is -2.66. The second kappa shape index (κ2) is 15.6. The molecule has 0 radical (unpaired) electrons. The second-order valence-corrected chi connectivity index (χ2v) is 19.8. The number of nitrogens with zero attached hydrogens (tertiary/aromatic N) is 3. The number of allylic oxidation sites excluding steroid dienone is 1. The van der Waals surface area contributed by atoms with E-state index in [-0.39, 0.29) is 48.9 Å². The number of carbonyl (C=O) groups is 4. The van der Waals surface area contributed by atoms with Gasteiger partial charge in [-0.05, 0) is 89.3 Å². The third-order valence-corrected chi connectivity index (χ3v) is 15.2. The fourth-order valence-electron chi connectivity index (χ4n) is 8.76. The van der Waals surface area contributed by atoms with Crippen molar-refractivity contribution in [2.75, 3.05) is 19.8 Å². The quantitative estimate of drug-likeness (QED) is 0.291. The van der Waals surface area contributed by atoms with Crippen LogP contribution in [0.5, 0.6) is 17.4 Å². The number of alkyl halides is 3. The van der Waals surface area contributed by atoms with Gasteiger partial charge in [-0.25, -0.2) is 18.2 Å². The molecule has 7 atom stereocenters. The molecule has 2 aliphatic carbocycles. The van der Waals surface area contributed by atoms with Gasteiger partial charge in [-0.1, -0.05) is 32.4 Å². The predicted octanol–water partition coefficient (Wildman–Crippen LogP) is 5.32. The van der Waals surface area contributed by atoms with Crippen LogP contribution in [0.2, 0.25) is 0 Å². The number of aromatic nitrogens is 1. The van der Waals surface area contributed by atoms with Crippen molar-refractivity contribution in [1.82, 2.24) is 24.8 Å². The van der Waals surface area contributed by atoms with Gasteiger partial charge in [0.15, 0.2) is 11.5 Å². The molecule has 4 heterocycles. The molecule has 1 saturated heterocycles. The minimum absolute atomic E-state index is 0.0482. The van der Waals surface area contributed by atoms with E-state index in [1.54, 1.807) is 31.2 Å². The molecular formula is C41H52F3N5O10S. The number of sulfonamides is 1. The Kier molecular flexibility index (Phi) is 11.2. The van der Waals surface area contributed by atoms with Crippen molar-refractivity contribution < 1.29 is 60.1 Å². The number of hydrogen-bond donors (Lipinski definition) is 3. The fourth-order valence-corrected chi connectivity index (χ4v) is 10.1. The van der Waals surface area contributed by atoms with Gasteiger partial charge in [0, 0.05) is 29.3 Å². The van der Waals surface area contributed by atoms with E-state index in [2.05, 4.69) is 15.0 Å². The first-order chi connectivity index (χ1) is 28.1. The molecule has 0 spiro atoms. The molecule has 2 aromatic rings. The highest BCUT2D eigenvalue weighted by atomic mass is 32.2. The van der Waals surface area contributed by atoms with Crippen molar-refractivity contribution in [2.24, 2.45) is 17.8 Å². The molecule has 3 aliphatic heterocycles. The lowest BCUT2D eigenvalue weighted by Gasteiger charge is -2.46. The zero-order valence-electron chi connectivity index (χ0n) is 34.2. The highest BCUT2D eigenvalue weighted by Crippen LogP contribution is 2.48. The SMILES string of the molecule is CC[C@@H]1C[C@@H](C)CCC=C[C@@H]2C[C@@]2(C(=O)NS(=O)(=O)C2(C)CC2)NC(=O)[C@@H]2C[C@@H](Oc3nccc4c5c(ccc34)OCCO5)CN2C(=O)[C@H]1N(C(=O)O)C(C)(C)C(F)(F)F. The van der Waals surface area contributed by atoms with Crippen LogP contribution in [-0.2, 0) is 24.4 Å². The number of pyridine rings is 1. The summed E-state index contributed by atoms with van der Waals surface area (Å²) in [6.07, 6.45) is -1.21. The third kappa shape index (κ3) is 7.81. The summed E-state index contributed by atoms with van der Waals surface area (Å²) < 4.78 is 90.0. The maximum Gasteiger partial charge on any atom is 0.411 e. The number of hydrogen-bond acceptors (Lipinski definition) is 10. The standard InChI is InChI=1S/C41H52F3N5O10S/c1-6-24-19-23(2)9-7-8-10-25-21-40(25,36(52)47-60(55,56)39(5)14-15-39)46-33(50)29-20-26(22-48(29)35(51)31(24)49(37(53)54)38(3,4)41(42,43)44)59-34-28-11-12-30-32(58-18-17-57-30)27(28)13-16-45-34/h8,10-13,16,23-26,29,31H,6-7,9,14-15,17-22H2,1-5H3,(H,46,50)(H,47,52)(H,53,54)/t23-,24+,25+,26+,29-,31-,40+/m0/s1. The second-order valence-electron chi connectivity index (χ2n) is 17.6. The van der Waals surface area contributed by atoms with Crippen molar-refractivity contribution >= 4 is 44.6 Å². The smallest absolute Gasteiger partial charge is 0.411 e. The number of amides is 4. The van der Waals surface area contributed by atoms with Gasteiger partial charge < -0.3 is 29.5 Å². The monoisotopic (exact) mass is 863 g/mol. The van der Waals surface area contributed by atoms with Crippen molar-refractivity contribution in [2.45, 2.75) is 126 Å². The summed E-state index contributed by atoms with van der Waals surface area (Å²) in [6.45, 7) is 6.77. The van der Waals surface area contributed by atoms with Crippen LogP contribution < -0.4 is 24.2 Å². The van der Waals surface area contributed by atoms with Crippen LogP contribution in [0.4, 0.5) is 18.0 Å². The minimum atomic E-state index is -5.10. The van der Waals surface area contributed by atoms with Crippen LogP contribution in [0.3, 0.4) is 0 Å². The summed E-state index contributed by atoms with van der Waals surface area (Å²) in [5.41, 5.74) is -4.76. The van der Waals surface area contributed by atoms with E-state index in [0.717, 1.165) is 4.90 Å². The molecule has 3 fully saturated rings. The van der Waals surface area contributed by atoms with E-state index in [1.165, 1.54) is 13.1 Å². The van der Waals surface area contributed by atoms with Crippen molar-refractivity contribution in [3.05, 3.63) is 36.5 Å². The maximum absolute atomic E-state index is 15.2. The number of ether oxygens (including phenoxy) is 3. The first-order valence-corrected chi connectivity index (χ1v) is 21.9. The minimum Gasteiger partial charge on any atom is -0.486 e. The van der Waals surface area contributed by atoms with Crippen LogP contribution in [-0.4, -0.2) is 112 Å². The molecule has 19 heteroatoms. The summed E-state index contributed by atoms with van der Waals surface area (Å²) in [5.74, 6) is -3.47. The molecule has 7 rings (SSSR count). The number of nitrogens with one attached hydrogen (secondary N) is 2. The van der Waals surface area contributed by atoms with E-state index >= 15 is 4.79 Å². The Labute approximate surface area is 346 Å². The zero-order valence-corrected chi connectivity index (χ0v) is 35.0. The molecule has 3 N–H and O–H groups in total. The summed E-state index contributed by atoms with van der Waals surface area (Å²) in [5, 5.41) is 14.4. The normalized spacial score (nSPS) is 29.3. The van der Waals surface area contributed by atoms with E-state index in [1.807, 2.05) is 13.0 Å². The maximum atomic E-state index is 15.2. The van der Waals surface area contributed by atoms with E-state index < -0.39 is 85.9 Å². The van der Waals surface area contributed by atoms with Crippen molar-refractivity contribution in [3.8, 4) is 17.4 Å². The summed E-state index contributed by atoms with van der Waals surface area (Å²) in [6, 6.07) is 1.73. The van der Waals surface area contributed by atoms with E-state index in [0.29, 0.717) is 75.0 Å². The first-order valence-electron chi connectivity index (χ1n) is 20.4. The van der Waals surface area contributed by atoms with Crippen LogP contribution in [0.1, 0.15) is 86.0 Å². The van der Waals surface area contributed by atoms with Gasteiger partial charge in [0.2, 0.25) is 27.7 Å². The Morgan fingerprint density at radius 1 is 1.12 bits per heavy atom. The fraction of sp³-hybridized carbons (Fsp3) is 0.634. The molecular weight excluding hydrogens is 812 g/mol. The predicted molar refractivity (Wildman–Crippen MR) is 211 cm³/mol. The number of carbonyl (C=O) groups excluding carboxylic acids is 3. The summed E-state index contributed by atoms with van der Waals surface area (Å²) in [7, 11) is -4.13. The molecule has 0 bridgehead atoms. The average Bonchev–Trinajstić information content (AvgIpc) is 4.06. The number of carboxylic acid groups (broad SMARTS) is 1. The Balaban J connectivity index is 1.30. The molecule has 2 saturated carbocycles. The van der Waals surface area contributed by atoms with Crippen LogP contribution in [0, 0.1) is 17.8 Å². The number of fused-ring (bicyclic) bond motifs is 5. The van der Waals surface area contributed by atoms with Crippen LogP contribution >= 0.6 is 0 Å². The Hall–Kier alpha value is -4.81. The van der Waals surface area contributed by atoms with E-state index in [9.17, 15) is 41.1 Å². The van der Waals surface area contributed by atoms with Crippen LogP contribution in [0.25, 0.3) is 10.8 Å². The van der Waals surface area contributed by atoms with Gasteiger partial charge in [0.05, 0.1) is 11.3 Å². The molecule has 1 aromatic heterocycles. The molecule has 4 amide bonds. The molecule has 328 valence electrons. The van der Waals surface area contributed by atoms with Gasteiger partial charge in [-0.3, -0.25) is 24.0 Å². The third-order valence-electron chi connectivity index (χ3n) is 13.0. The highest BCUT2D eigenvalue weighted by Gasteiger charge is 2.64. The van der Waals surface area contributed by atoms with Crippen molar-refractivity contribution in [3.63, 3.8) is 0 Å². The Bertz CT molecular complexity index is 2200. The number of halogens is 3. The summed E-state index contributed by atoms with van der Waals surface area (Å²) >= 11 is 0. The molecule has 5 aliphatic rings. The van der Waals surface area contributed by atoms with Gasteiger partial charge >= 0.3 is 12.3 Å². The van der Waals surface area contributed by atoms with Crippen LogP contribution in [0.15, 0.2) is 36.5 Å². The number of benzene rings is 1. The number of rotatable bonds is 8. The largest absolute Gasteiger partial charge is 0.486 e. The lowest BCUT2D eigenvalue weighted by molar-refractivity contribution is -0.222. The Morgan fingerprint density at radius 3 is 2.50 bits per heavy atom. The molecule has 0 unspecified atom stereocenters. The van der Waals surface area contributed by atoms with Gasteiger partial charge in [0.1, 0.15) is 42.5 Å². The van der Waals surface area contributed by atoms with Crippen molar-refractivity contribution in [1.29, 1.82) is 0 Å². The van der Waals surface area contributed by atoms with Gasteiger partial charge in [0.25, 0.3) is 5.91 Å². The molecule has 15 nitrogen and oxygen atoms in total. The average molecular weight is 864 g/mol. The van der Waals surface area contributed by atoms with Gasteiger partial charge in [-0.15, -0.1) is 0 Å². The molecule has 60 heavy (non-hydrogen) atoms. The topological polar surface area (TPSA) is 194 Å². The summed E-state index contributed by atoms with van der Waals surface area (Å²) in [4.78, 5) is 62.5. The zero-order chi connectivity index (χ0) is 43.6. The highest BCUT2D eigenvalue weighted by molar-refractivity contribution is 7.91. The molecule has 1 aromatic carbocycles. The van der Waals surface area contributed by atoms with E-state index in [4.69, 9.17) is 14.2 Å².